The van der Waals surface area contributed by atoms with Gasteiger partial charge in [-0.3, -0.25) is 9.89 Å². The van der Waals surface area contributed by atoms with Gasteiger partial charge in [-0.05, 0) is 51.7 Å². The molecule has 1 N–H and O–H groups in total. The summed E-state index contributed by atoms with van der Waals surface area (Å²) in [5, 5.41) is 3.39. The van der Waals surface area contributed by atoms with E-state index in [9.17, 15) is 4.79 Å². The van der Waals surface area contributed by atoms with Crippen molar-refractivity contribution in [3.05, 3.63) is 21.4 Å². The van der Waals surface area contributed by atoms with Crippen LogP contribution < -0.4 is 5.32 Å². The van der Waals surface area contributed by atoms with Crippen LogP contribution in [-0.4, -0.2) is 42.1 Å². The lowest BCUT2D eigenvalue weighted by molar-refractivity contribution is 0.0276. The van der Waals surface area contributed by atoms with Crippen molar-refractivity contribution >= 4 is 23.3 Å². The van der Waals surface area contributed by atoms with Crippen molar-refractivity contribution in [1.82, 2.24) is 10.2 Å². The molecule has 0 atom stereocenters. The maximum absolute atomic E-state index is 12.2. The summed E-state index contributed by atoms with van der Waals surface area (Å²) in [5.74, 6) is 0.871. The Labute approximate surface area is 141 Å². The van der Waals surface area contributed by atoms with Gasteiger partial charge < -0.3 is 10.1 Å². The molecule has 0 saturated carbocycles. The molecule has 0 radical (unpaired) electrons. The number of nitrogens with zero attached hydrogens (tertiary/aromatic N) is 2. The number of hydrogen-bond acceptors (Lipinski definition) is 5. The fourth-order valence-corrected chi connectivity index (χ4v) is 4.08. The lowest BCUT2D eigenvalue weighted by Crippen LogP contribution is -2.47. The first kappa shape index (κ1) is 16.3. The van der Waals surface area contributed by atoms with E-state index in [1.54, 1.807) is 9.78 Å². The molecule has 126 valence electrons. The van der Waals surface area contributed by atoms with Crippen LogP contribution in [0, 0.1) is 0 Å². The number of amides is 1. The molecule has 3 rings (SSSR count). The number of hydrogen-bond donors (Lipinski definition) is 1. The van der Waals surface area contributed by atoms with E-state index in [0.717, 1.165) is 12.4 Å². The lowest BCUT2D eigenvalue weighted by atomic mass is 10.2. The van der Waals surface area contributed by atoms with Gasteiger partial charge in [0.1, 0.15) is 11.4 Å². The molecule has 0 unspecified atom stereocenters. The Bertz CT molecular complexity index is 594. The van der Waals surface area contributed by atoms with Crippen LogP contribution in [0.25, 0.3) is 0 Å². The van der Waals surface area contributed by atoms with E-state index in [4.69, 9.17) is 4.74 Å². The van der Waals surface area contributed by atoms with Gasteiger partial charge in [0, 0.05) is 16.3 Å². The summed E-state index contributed by atoms with van der Waals surface area (Å²) in [6, 6.07) is 2.31. The second-order valence-corrected chi connectivity index (χ2v) is 8.32. The molecular weight excluding hydrogens is 310 g/mol. The summed E-state index contributed by atoms with van der Waals surface area (Å²) in [4.78, 5) is 21.3. The monoisotopic (exact) mass is 335 g/mol. The summed E-state index contributed by atoms with van der Waals surface area (Å²) >= 11 is 1.90. The van der Waals surface area contributed by atoms with Crippen molar-refractivity contribution in [1.29, 1.82) is 0 Å². The molecule has 0 saturated heterocycles. The average Bonchev–Trinajstić information content (AvgIpc) is 3.04. The van der Waals surface area contributed by atoms with Crippen LogP contribution in [0.5, 0.6) is 0 Å². The molecule has 23 heavy (non-hydrogen) atoms. The van der Waals surface area contributed by atoms with Gasteiger partial charge in [0.2, 0.25) is 0 Å². The predicted octanol–water partition coefficient (Wildman–Crippen LogP) is 2.98. The maximum Gasteiger partial charge on any atom is 0.410 e. The fraction of sp³-hybridized carbons (Fsp3) is 0.647. The van der Waals surface area contributed by atoms with Crippen LogP contribution in [0.15, 0.2) is 11.1 Å². The number of fused-ring (bicyclic) bond motifs is 1. The second kappa shape index (κ2) is 6.51. The zero-order valence-corrected chi connectivity index (χ0v) is 15.0. The van der Waals surface area contributed by atoms with Crippen molar-refractivity contribution in [2.45, 2.75) is 52.2 Å². The number of aliphatic imine (C=N–C) groups is 1. The Morgan fingerprint density at radius 3 is 3.00 bits per heavy atom. The third kappa shape index (κ3) is 4.25. The van der Waals surface area contributed by atoms with Crippen LogP contribution >= 0.6 is 11.3 Å². The normalized spacial score (nSPS) is 17.7. The summed E-state index contributed by atoms with van der Waals surface area (Å²) in [6.07, 6.45) is 3.49. The standard InChI is InChI=1S/C17H25N3O2S/c1-17(2,3)22-16(21)20-8-7-18-15(11-20)19-10-13-9-12-5-4-6-14(12)23-13/h9H,4-8,10-11H2,1-3H3,(H,18,19). The number of carbonyl (C=O) groups is 1. The van der Waals surface area contributed by atoms with Gasteiger partial charge in [0.15, 0.2) is 0 Å². The van der Waals surface area contributed by atoms with Crippen molar-refractivity contribution < 1.29 is 9.53 Å². The summed E-state index contributed by atoms with van der Waals surface area (Å²) < 4.78 is 5.44. The lowest BCUT2D eigenvalue weighted by Gasteiger charge is -2.29. The highest BCUT2D eigenvalue weighted by atomic mass is 32.1. The highest BCUT2D eigenvalue weighted by Crippen LogP contribution is 2.30. The Morgan fingerprint density at radius 1 is 1.43 bits per heavy atom. The fourth-order valence-electron chi connectivity index (χ4n) is 2.88. The van der Waals surface area contributed by atoms with E-state index < -0.39 is 5.60 Å². The number of amidine groups is 1. The van der Waals surface area contributed by atoms with Crippen molar-refractivity contribution in [2.75, 3.05) is 19.6 Å². The Balaban J connectivity index is 1.52. The summed E-state index contributed by atoms with van der Waals surface area (Å²) in [7, 11) is 0. The summed E-state index contributed by atoms with van der Waals surface area (Å²) in [6.45, 7) is 8.20. The molecule has 0 bridgehead atoms. The van der Waals surface area contributed by atoms with Gasteiger partial charge in [0.05, 0.1) is 19.6 Å². The average molecular weight is 335 g/mol. The molecule has 1 aromatic heterocycles. The van der Waals surface area contributed by atoms with Crippen LogP contribution in [0.4, 0.5) is 4.79 Å². The molecule has 2 heterocycles. The van der Waals surface area contributed by atoms with E-state index in [1.165, 1.54) is 29.7 Å². The molecule has 6 heteroatoms. The molecular formula is C17H25N3O2S. The van der Waals surface area contributed by atoms with E-state index >= 15 is 0 Å². The predicted molar refractivity (Wildman–Crippen MR) is 93.3 cm³/mol. The molecule has 5 nitrogen and oxygen atoms in total. The van der Waals surface area contributed by atoms with Gasteiger partial charge in [-0.2, -0.15) is 0 Å². The molecule has 1 aliphatic carbocycles. The highest BCUT2D eigenvalue weighted by molar-refractivity contribution is 7.12. The SMILES string of the molecule is CC(C)(C)OC(=O)N1CCN=C(NCc2cc3c(s2)CCC3)C1. The van der Waals surface area contributed by atoms with Crippen LogP contribution in [0.1, 0.15) is 42.5 Å². The van der Waals surface area contributed by atoms with Crippen molar-refractivity contribution in [2.24, 2.45) is 4.99 Å². The zero-order valence-electron chi connectivity index (χ0n) is 14.1. The zero-order chi connectivity index (χ0) is 16.4. The van der Waals surface area contributed by atoms with Crippen molar-refractivity contribution in [3.8, 4) is 0 Å². The molecule has 2 aliphatic rings. The Kier molecular flexibility index (Phi) is 4.62. The number of ether oxygens (including phenoxy) is 1. The van der Waals surface area contributed by atoms with Crippen molar-refractivity contribution in [3.63, 3.8) is 0 Å². The van der Waals surface area contributed by atoms with Gasteiger partial charge in [-0.1, -0.05) is 0 Å². The van der Waals surface area contributed by atoms with Gasteiger partial charge >= 0.3 is 6.09 Å². The molecule has 0 spiro atoms. The third-order valence-electron chi connectivity index (χ3n) is 3.93. The minimum Gasteiger partial charge on any atom is -0.444 e. The smallest absolute Gasteiger partial charge is 0.410 e. The quantitative estimate of drug-likeness (QED) is 0.904. The number of rotatable bonds is 2. The van der Waals surface area contributed by atoms with E-state index in [2.05, 4.69) is 16.4 Å². The molecule has 1 amide bonds. The van der Waals surface area contributed by atoms with E-state index in [0.29, 0.717) is 19.6 Å². The molecule has 1 aliphatic heterocycles. The summed E-state index contributed by atoms with van der Waals surface area (Å²) in [5.41, 5.74) is 1.06. The first-order chi connectivity index (χ1) is 10.9. The Morgan fingerprint density at radius 2 is 2.26 bits per heavy atom. The second-order valence-electron chi connectivity index (χ2n) is 7.10. The van der Waals surface area contributed by atoms with Crippen LogP contribution in [0.3, 0.4) is 0 Å². The number of nitrogens with one attached hydrogen (secondary N) is 1. The first-order valence-electron chi connectivity index (χ1n) is 8.26. The van der Waals surface area contributed by atoms with Gasteiger partial charge in [-0.15, -0.1) is 11.3 Å². The van der Waals surface area contributed by atoms with Gasteiger partial charge in [-0.25, -0.2) is 4.79 Å². The minimum atomic E-state index is -0.462. The topological polar surface area (TPSA) is 53.9 Å². The van der Waals surface area contributed by atoms with Crippen LogP contribution in [0.2, 0.25) is 0 Å². The first-order valence-corrected chi connectivity index (χ1v) is 9.08. The van der Waals surface area contributed by atoms with Gasteiger partial charge in [0.25, 0.3) is 0 Å². The van der Waals surface area contributed by atoms with Crippen LogP contribution in [-0.2, 0) is 24.1 Å². The highest BCUT2D eigenvalue weighted by Gasteiger charge is 2.25. The number of carbonyl (C=O) groups excluding carboxylic acids is 1. The number of aryl methyl sites for hydroxylation is 2. The Hall–Kier alpha value is -1.56. The van der Waals surface area contributed by atoms with E-state index in [-0.39, 0.29) is 6.09 Å². The molecule has 0 fully saturated rings. The number of thiophene rings is 1. The maximum atomic E-state index is 12.2. The van der Waals surface area contributed by atoms with E-state index in [1.807, 2.05) is 32.1 Å². The third-order valence-corrected chi connectivity index (χ3v) is 5.17. The molecule has 1 aromatic rings. The molecule has 0 aromatic carbocycles. The minimum absolute atomic E-state index is 0.262. The largest absolute Gasteiger partial charge is 0.444 e.